The van der Waals surface area contributed by atoms with Gasteiger partial charge in [0.15, 0.2) is 0 Å². The highest BCUT2D eigenvalue weighted by Gasteiger charge is 2.16. The van der Waals surface area contributed by atoms with E-state index in [2.05, 4.69) is 24.9 Å². The van der Waals surface area contributed by atoms with E-state index in [0.29, 0.717) is 5.56 Å². The first kappa shape index (κ1) is 16.6. The molecule has 2 aromatic carbocycles. The summed E-state index contributed by atoms with van der Waals surface area (Å²) in [7, 11) is 3.48. The zero-order valence-corrected chi connectivity index (χ0v) is 14.8. The minimum absolute atomic E-state index is 0.225. The van der Waals surface area contributed by atoms with Gasteiger partial charge in [0.05, 0.1) is 28.9 Å². The fourth-order valence-electron chi connectivity index (χ4n) is 2.55. The summed E-state index contributed by atoms with van der Waals surface area (Å²) in [5.74, 6) is -0.308. The molecule has 1 atom stereocenters. The second kappa shape index (κ2) is 7.11. The van der Waals surface area contributed by atoms with Crippen molar-refractivity contribution < 1.29 is 9.53 Å². The van der Waals surface area contributed by atoms with E-state index < -0.39 is 0 Å². The normalized spacial score (nSPS) is 12.5. The first-order chi connectivity index (χ1) is 11.6. The van der Waals surface area contributed by atoms with Crippen LogP contribution in [0.25, 0.3) is 10.2 Å². The van der Waals surface area contributed by atoms with E-state index in [-0.39, 0.29) is 12.0 Å². The summed E-state index contributed by atoms with van der Waals surface area (Å²) in [5.41, 5.74) is 2.78. The number of nitrogens with zero attached hydrogens (tertiary/aromatic N) is 2. The number of fused-ring (bicyclic) bond motifs is 1. The summed E-state index contributed by atoms with van der Waals surface area (Å²) < 4.78 is 5.94. The van der Waals surface area contributed by atoms with Crippen molar-refractivity contribution in [3.8, 4) is 0 Å². The van der Waals surface area contributed by atoms with E-state index in [9.17, 15) is 4.79 Å². The fourth-order valence-corrected chi connectivity index (χ4v) is 3.63. The minimum Gasteiger partial charge on any atom is -0.465 e. The molecule has 1 heterocycles. The van der Waals surface area contributed by atoms with Crippen LogP contribution in [0.15, 0.2) is 48.5 Å². The number of thiazole rings is 1. The van der Waals surface area contributed by atoms with Gasteiger partial charge in [0.1, 0.15) is 5.01 Å². The van der Waals surface area contributed by atoms with Gasteiger partial charge in [-0.15, -0.1) is 11.3 Å². The number of methoxy groups -OCH3 is 1. The van der Waals surface area contributed by atoms with Gasteiger partial charge in [-0.2, -0.15) is 0 Å². The zero-order chi connectivity index (χ0) is 17.1. The Morgan fingerprint density at radius 3 is 2.58 bits per heavy atom. The molecule has 0 aliphatic heterocycles. The van der Waals surface area contributed by atoms with Gasteiger partial charge in [0.2, 0.25) is 0 Å². The Morgan fingerprint density at radius 1 is 1.21 bits per heavy atom. The minimum atomic E-state index is -0.308. The lowest BCUT2D eigenvalue weighted by atomic mass is 10.1. The van der Waals surface area contributed by atoms with E-state index in [1.165, 1.54) is 11.8 Å². The highest BCUT2D eigenvalue weighted by molar-refractivity contribution is 7.18. The smallest absolute Gasteiger partial charge is 0.337 e. The molecule has 5 heteroatoms. The lowest BCUT2D eigenvalue weighted by molar-refractivity contribution is 0.0600. The second-order valence-electron chi connectivity index (χ2n) is 5.80. The number of esters is 1. The number of hydrogen-bond donors (Lipinski definition) is 0. The third-order valence-electron chi connectivity index (χ3n) is 4.14. The maximum Gasteiger partial charge on any atom is 0.337 e. The fraction of sp³-hybridized carbons (Fsp3) is 0.263. The van der Waals surface area contributed by atoms with E-state index in [1.54, 1.807) is 23.5 Å². The molecule has 1 unspecified atom stereocenters. The van der Waals surface area contributed by atoms with Crippen LogP contribution in [0.4, 0.5) is 0 Å². The van der Waals surface area contributed by atoms with Crippen molar-refractivity contribution in [3.05, 3.63) is 64.7 Å². The van der Waals surface area contributed by atoms with Crippen molar-refractivity contribution in [2.24, 2.45) is 0 Å². The molecule has 0 amide bonds. The molecule has 0 saturated heterocycles. The average Bonchev–Trinajstić information content (AvgIpc) is 3.05. The summed E-state index contributed by atoms with van der Waals surface area (Å²) in [6, 6.07) is 16.0. The van der Waals surface area contributed by atoms with Gasteiger partial charge in [0.25, 0.3) is 0 Å². The molecule has 4 nitrogen and oxygen atoms in total. The third-order valence-corrected chi connectivity index (χ3v) is 5.34. The molecular formula is C19H20N2O2S. The van der Waals surface area contributed by atoms with Crippen molar-refractivity contribution in [1.82, 2.24) is 9.88 Å². The van der Waals surface area contributed by atoms with Gasteiger partial charge in [-0.05, 0) is 43.8 Å². The first-order valence-corrected chi connectivity index (χ1v) is 8.63. The van der Waals surface area contributed by atoms with E-state index in [0.717, 1.165) is 22.6 Å². The van der Waals surface area contributed by atoms with Gasteiger partial charge in [-0.1, -0.05) is 24.3 Å². The molecule has 0 N–H and O–H groups in total. The van der Waals surface area contributed by atoms with Gasteiger partial charge < -0.3 is 4.74 Å². The van der Waals surface area contributed by atoms with E-state index in [1.807, 2.05) is 30.3 Å². The summed E-state index contributed by atoms with van der Waals surface area (Å²) >= 11 is 1.74. The number of rotatable bonds is 5. The molecule has 0 aliphatic rings. The number of aromatic nitrogens is 1. The predicted molar refractivity (Wildman–Crippen MR) is 97.3 cm³/mol. The van der Waals surface area contributed by atoms with Crippen molar-refractivity contribution in [2.45, 2.75) is 19.5 Å². The largest absolute Gasteiger partial charge is 0.465 e. The van der Waals surface area contributed by atoms with E-state index in [4.69, 9.17) is 9.72 Å². The van der Waals surface area contributed by atoms with Crippen molar-refractivity contribution in [3.63, 3.8) is 0 Å². The second-order valence-corrected chi connectivity index (χ2v) is 6.86. The molecule has 0 aliphatic carbocycles. The summed E-state index contributed by atoms with van der Waals surface area (Å²) in [4.78, 5) is 18.5. The average molecular weight is 340 g/mol. The highest BCUT2D eigenvalue weighted by atomic mass is 32.1. The maximum atomic E-state index is 11.5. The Balaban J connectivity index is 1.71. The molecule has 0 saturated carbocycles. The van der Waals surface area contributed by atoms with Crippen LogP contribution in [0, 0.1) is 0 Å². The number of benzene rings is 2. The Morgan fingerprint density at radius 2 is 1.92 bits per heavy atom. The molecule has 124 valence electrons. The molecule has 1 aromatic heterocycles. The van der Waals surface area contributed by atoms with Crippen LogP contribution in [0.2, 0.25) is 0 Å². The Bertz CT molecular complexity index is 809. The first-order valence-electron chi connectivity index (χ1n) is 7.81. The zero-order valence-electron chi connectivity index (χ0n) is 14.0. The highest BCUT2D eigenvalue weighted by Crippen LogP contribution is 2.29. The third kappa shape index (κ3) is 3.47. The number of carbonyl (C=O) groups is 1. The van der Waals surface area contributed by atoms with Gasteiger partial charge >= 0.3 is 5.97 Å². The Hall–Kier alpha value is -2.24. The SMILES string of the molecule is COC(=O)c1ccc(CN(C)C(C)c2nc3ccccc3s2)cc1. The lowest BCUT2D eigenvalue weighted by Crippen LogP contribution is -2.21. The topological polar surface area (TPSA) is 42.4 Å². The summed E-state index contributed by atoms with van der Waals surface area (Å²) in [5, 5.41) is 1.12. The van der Waals surface area contributed by atoms with Gasteiger partial charge in [0, 0.05) is 6.54 Å². The molecule has 24 heavy (non-hydrogen) atoms. The molecular weight excluding hydrogens is 320 g/mol. The van der Waals surface area contributed by atoms with Crippen molar-refractivity contribution in [1.29, 1.82) is 0 Å². The molecule has 3 aromatic rings. The number of ether oxygens (including phenoxy) is 1. The maximum absolute atomic E-state index is 11.5. The molecule has 0 radical (unpaired) electrons. The Kier molecular flexibility index (Phi) is 4.92. The standard InChI is InChI=1S/C19H20N2O2S/c1-13(18-20-16-6-4-5-7-17(16)24-18)21(2)12-14-8-10-15(11-9-14)19(22)23-3/h4-11,13H,12H2,1-3H3. The van der Waals surface area contributed by atoms with Crippen LogP contribution in [-0.4, -0.2) is 30.0 Å². The van der Waals surface area contributed by atoms with Crippen LogP contribution < -0.4 is 0 Å². The van der Waals surface area contributed by atoms with Crippen molar-refractivity contribution >= 4 is 27.5 Å². The van der Waals surface area contributed by atoms with Crippen LogP contribution in [0.1, 0.15) is 33.9 Å². The number of carbonyl (C=O) groups excluding carboxylic acids is 1. The monoisotopic (exact) mass is 340 g/mol. The number of hydrogen-bond acceptors (Lipinski definition) is 5. The van der Waals surface area contributed by atoms with Crippen LogP contribution >= 0.6 is 11.3 Å². The molecule has 0 spiro atoms. The van der Waals surface area contributed by atoms with Gasteiger partial charge in [-0.3, -0.25) is 4.90 Å². The van der Waals surface area contributed by atoms with Crippen LogP contribution in [0.5, 0.6) is 0 Å². The van der Waals surface area contributed by atoms with Crippen LogP contribution in [0.3, 0.4) is 0 Å². The molecule has 0 bridgehead atoms. The van der Waals surface area contributed by atoms with Crippen LogP contribution in [-0.2, 0) is 11.3 Å². The van der Waals surface area contributed by atoms with E-state index >= 15 is 0 Å². The number of para-hydroxylation sites is 1. The van der Waals surface area contributed by atoms with Gasteiger partial charge in [-0.25, -0.2) is 9.78 Å². The molecule has 3 rings (SSSR count). The molecule has 0 fully saturated rings. The lowest BCUT2D eigenvalue weighted by Gasteiger charge is -2.23. The quantitative estimate of drug-likeness (QED) is 0.650. The summed E-state index contributed by atoms with van der Waals surface area (Å²) in [6.07, 6.45) is 0. The summed E-state index contributed by atoms with van der Waals surface area (Å²) in [6.45, 7) is 2.96. The Labute approximate surface area is 145 Å². The van der Waals surface area contributed by atoms with Crippen molar-refractivity contribution in [2.75, 3.05) is 14.2 Å². The predicted octanol–water partition coefficient (Wildman–Crippen LogP) is 4.28.